The average molecular weight is 341 g/mol. The maximum Gasteiger partial charge on any atom is 0.118 e. The summed E-state index contributed by atoms with van der Waals surface area (Å²) in [5, 5.41) is 4.88. The van der Waals surface area contributed by atoms with E-state index in [-0.39, 0.29) is 0 Å². The highest BCUT2D eigenvalue weighted by atomic mass is 16.5. The number of fused-ring (bicyclic) bond motifs is 1. The minimum absolute atomic E-state index is 0.403. The summed E-state index contributed by atoms with van der Waals surface area (Å²) >= 11 is 0. The van der Waals surface area contributed by atoms with Gasteiger partial charge in [0.25, 0.3) is 0 Å². The molecule has 1 atom stereocenters. The van der Waals surface area contributed by atoms with Crippen LogP contribution >= 0.6 is 0 Å². The Morgan fingerprint density at radius 2 is 1.96 bits per heavy atom. The van der Waals surface area contributed by atoms with Gasteiger partial charge in [0.2, 0.25) is 0 Å². The van der Waals surface area contributed by atoms with Crippen LogP contribution in [0.3, 0.4) is 0 Å². The summed E-state index contributed by atoms with van der Waals surface area (Å²) in [6.45, 7) is 4.69. The number of rotatable bonds is 7. The lowest BCUT2D eigenvalue weighted by Crippen LogP contribution is -2.34. The minimum atomic E-state index is 0.403. The zero-order valence-corrected chi connectivity index (χ0v) is 15.1. The molecule has 0 unspecified atom stereocenters. The number of hydrogen-bond acceptors (Lipinski definition) is 4. The third-order valence-corrected chi connectivity index (χ3v) is 5.24. The van der Waals surface area contributed by atoms with E-state index in [1.165, 1.54) is 29.7 Å². The molecule has 5 nitrogen and oxygen atoms in total. The normalized spacial score (nSPS) is 20.5. The van der Waals surface area contributed by atoms with Crippen molar-refractivity contribution in [1.82, 2.24) is 14.7 Å². The molecule has 134 valence electrons. The standard InChI is InChI=1S/C20H27N3O2/c1-24-14-17-11-22(9-15-5-7-18(25-2)8-6-15)13-20-19(17)12-23(21-20)10-16-3-4-16/h5-8,12,16-17H,3-4,9-11,13-14H2,1-2H3/t17-/m0/s1. The zero-order valence-electron chi connectivity index (χ0n) is 15.1. The highest BCUT2D eigenvalue weighted by Crippen LogP contribution is 2.33. The quantitative estimate of drug-likeness (QED) is 0.776. The van der Waals surface area contributed by atoms with Crippen LogP contribution in [-0.2, 0) is 24.4 Å². The van der Waals surface area contributed by atoms with Crippen molar-refractivity contribution in [3.63, 3.8) is 0 Å². The van der Waals surface area contributed by atoms with Crippen molar-refractivity contribution in [1.29, 1.82) is 0 Å². The lowest BCUT2D eigenvalue weighted by atomic mass is 9.95. The first kappa shape index (κ1) is 16.6. The Hall–Kier alpha value is -1.85. The third-order valence-electron chi connectivity index (χ3n) is 5.24. The van der Waals surface area contributed by atoms with Gasteiger partial charge in [-0.25, -0.2) is 0 Å². The second-order valence-corrected chi connectivity index (χ2v) is 7.37. The van der Waals surface area contributed by atoms with Gasteiger partial charge in [0.15, 0.2) is 0 Å². The lowest BCUT2D eigenvalue weighted by Gasteiger charge is -2.31. The van der Waals surface area contributed by atoms with E-state index in [0.717, 1.165) is 44.5 Å². The minimum Gasteiger partial charge on any atom is -0.497 e. The number of aromatic nitrogens is 2. The summed E-state index contributed by atoms with van der Waals surface area (Å²) in [6, 6.07) is 8.35. The molecule has 0 radical (unpaired) electrons. The second-order valence-electron chi connectivity index (χ2n) is 7.37. The molecule has 1 aliphatic heterocycles. The van der Waals surface area contributed by atoms with Gasteiger partial charge in [0.05, 0.1) is 19.4 Å². The Balaban J connectivity index is 1.49. The predicted octanol–water partition coefficient (Wildman–Crippen LogP) is 3.05. The van der Waals surface area contributed by atoms with E-state index in [0.29, 0.717) is 5.92 Å². The predicted molar refractivity (Wildman–Crippen MR) is 96.7 cm³/mol. The largest absolute Gasteiger partial charge is 0.497 e. The van der Waals surface area contributed by atoms with E-state index in [1.807, 2.05) is 12.1 Å². The molecular formula is C20H27N3O2. The summed E-state index contributed by atoms with van der Waals surface area (Å²) in [7, 11) is 3.49. The maximum atomic E-state index is 5.49. The van der Waals surface area contributed by atoms with Crippen molar-refractivity contribution < 1.29 is 9.47 Å². The molecule has 1 aromatic heterocycles. The molecule has 0 amide bonds. The Bertz CT molecular complexity index is 706. The molecule has 2 aromatic rings. The topological polar surface area (TPSA) is 39.5 Å². The summed E-state index contributed by atoms with van der Waals surface area (Å²) in [5.74, 6) is 2.15. The van der Waals surface area contributed by atoms with E-state index >= 15 is 0 Å². The van der Waals surface area contributed by atoms with Crippen LogP contribution in [0.25, 0.3) is 0 Å². The number of hydrogen-bond donors (Lipinski definition) is 0. The smallest absolute Gasteiger partial charge is 0.118 e. The van der Waals surface area contributed by atoms with Crippen molar-refractivity contribution in [2.75, 3.05) is 27.4 Å². The Morgan fingerprint density at radius 1 is 1.16 bits per heavy atom. The molecule has 5 heteroatoms. The van der Waals surface area contributed by atoms with Crippen molar-refractivity contribution in [3.8, 4) is 5.75 Å². The molecular weight excluding hydrogens is 314 g/mol. The van der Waals surface area contributed by atoms with Gasteiger partial charge < -0.3 is 9.47 Å². The Morgan fingerprint density at radius 3 is 2.64 bits per heavy atom. The van der Waals surface area contributed by atoms with E-state index in [2.05, 4.69) is 27.9 Å². The second kappa shape index (κ2) is 7.18. The molecule has 1 fully saturated rings. The third kappa shape index (κ3) is 3.88. The lowest BCUT2D eigenvalue weighted by molar-refractivity contribution is 0.135. The number of ether oxygens (including phenoxy) is 2. The fraction of sp³-hybridized carbons (Fsp3) is 0.550. The maximum absolute atomic E-state index is 5.49. The number of methoxy groups -OCH3 is 2. The molecule has 1 aromatic carbocycles. The van der Waals surface area contributed by atoms with Crippen LogP contribution in [0.1, 0.15) is 35.6 Å². The molecule has 25 heavy (non-hydrogen) atoms. The van der Waals surface area contributed by atoms with E-state index in [4.69, 9.17) is 14.6 Å². The summed E-state index contributed by atoms with van der Waals surface area (Å²) < 4.78 is 12.9. The monoisotopic (exact) mass is 341 g/mol. The van der Waals surface area contributed by atoms with Gasteiger partial charge in [0.1, 0.15) is 5.75 Å². The van der Waals surface area contributed by atoms with E-state index in [9.17, 15) is 0 Å². The van der Waals surface area contributed by atoms with Gasteiger partial charge in [-0.15, -0.1) is 0 Å². The van der Waals surface area contributed by atoms with Crippen LogP contribution in [0.4, 0.5) is 0 Å². The van der Waals surface area contributed by atoms with Crippen LogP contribution in [0.15, 0.2) is 30.5 Å². The van der Waals surface area contributed by atoms with Crippen LogP contribution in [0.5, 0.6) is 5.75 Å². The van der Waals surface area contributed by atoms with Crippen molar-refractivity contribution in [2.45, 2.75) is 38.4 Å². The van der Waals surface area contributed by atoms with Crippen molar-refractivity contribution in [3.05, 3.63) is 47.3 Å². The number of nitrogens with zero attached hydrogens (tertiary/aromatic N) is 3. The van der Waals surface area contributed by atoms with Crippen LogP contribution in [0.2, 0.25) is 0 Å². The molecule has 0 saturated heterocycles. The van der Waals surface area contributed by atoms with Gasteiger partial charge in [0, 0.05) is 51.0 Å². The summed E-state index contributed by atoms with van der Waals surface area (Å²) in [4.78, 5) is 2.47. The highest BCUT2D eigenvalue weighted by Gasteiger charge is 2.29. The first-order valence-electron chi connectivity index (χ1n) is 9.15. The molecule has 2 heterocycles. The van der Waals surface area contributed by atoms with Crippen molar-refractivity contribution in [2.24, 2.45) is 5.92 Å². The molecule has 1 aliphatic carbocycles. The molecule has 0 spiro atoms. The van der Waals surface area contributed by atoms with Crippen molar-refractivity contribution >= 4 is 0 Å². The van der Waals surface area contributed by atoms with Crippen LogP contribution in [-0.4, -0.2) is 42.1 Å². The van der Waals surface area contributed by atoms with Gasteiger partial charge in [-0.3, -0.25) is 9.58 Å². The fourth-order valence-corrected chi connectivity index (χ4v) is 3.74. The van der Waals surface area contributed by atoms with Gasteiger partial charge in [-0.05, 0) is 36.5 Å². The highest BCUT2D eigenvalue weighted by molar-refractivity contribution is 5.29. The average Bonchev–Trinajstić information content (AvgIpc) is 3.33. The SMILES string of the molecule is COC[C@@H]1CN(Cc2ccc(OC)cc2)Cc2nn(CC3CC3)cc21. The summed E-state index contributed by atoms with van der Waals surface area (Å²) in [6.07, 6.45) is 4.98. The van der Waals surface area contributed by atoms with Gasteiger partial charge in [-0.2, -0.15) is 5.10 Å². The first-order valence-corrected chi connectivity index (χ1v) is 9.15. The van der Waals surface area contributed by atoms with Gasteiger partial charge in [-0.1, -0.05) is 12.1 Å². The van der Waals surface area contributed by atoms with Crippen LogP contribution < -0.4 is 4.74 Å². The fourth-order valence-electron chi connectivity index (χ4n) is 3.74. The first-order chi connectivity index (χ1) is 12.2. The summed E-state index contributed by atoms with van der Waals surface area (Å²) in [5.41, 5.74) is 3.91. The zero-order chi connectivity index (χ0) is 17.2. The Kier molecular flexibility index (Phi) is 4.77. The van der Waals surface area contributed by atoms with E-state index in [1.54, 1.807) is 14.2 Å². The number of benzene rings is 1. The molecule has 2 aliphatic rings. The van der Waals surface area contributed by atoms with Crippen LogP contribution in [0, 0.1) is 5.92 Å². The molecule has 1 saturated carbocycles. The molecule has 0 bridgehead atoms. The molecule has 0 N–H and O–H groups in total. The van der Waals surface area contributed by atoms with Gasteiger partial charge >= 0.3 is 0 Å². The van der Waals surface area contributed by atoms with E-state index < -0.39 is 0 Å². The molecule has 4 rings (SSSR count). The Labute approximate surface area is 149 Å².